The van der Waals surface area contributed by atoms with E-state index in [0.29, 0.717) is 24.7 Å². The van der Waals surface area contributed by atoms with Gasteiger partial charge in [-0.25, -0.2) is 4.79 Å². The molecule has 25 heavy (non-hydrogen) atoms. The van der Waals surface area contributed by atoms with Crippen LogP contribution in [0.5, 0.6) is 11.5 Å². The largest absolute Gasteiger partial charge is 0.493 e. The van der Waals surface area contributed by atoms with Crippen molar-refractivity contribution in [2.24, 2.45) is 0 Å². The maximum absolute atomic E-state index is 12.1. The fourth-order valence-corrected chi connectivity index (χ4v) is 2.48. The Kier molecular flexibility index (Phi) is 6.28. The van der Waals surface area contributed by atoms with Crippen molar-refractivity contribution >= 4 is 11.7 Å². The molecule has 0 aliphatic rings. The molecule has 5 nitrogen and oxygen atoms in total. The SMILES string of the molecule is COc1ccccc1OCCNC(=O)Nc1ccccc1C(C)(C)C. The highest BCUT2D eigenvalue weighted by atomic mass is 16.5. The zero-order valence-electron chi connectivity index (χ0n) is 15.3. The van der Waals surface area contributed by atoms with Crippen LogP contribution < -0.4 is 20.1 Å². The summed E-state index contributed by atoms with van der Waals surface area (Å²) < 4.78 is 10.9. The highest BCUT2D eigenvalue weighted by molar-refractivity contribution is 5.90. The van der Waals surface area contributed by atoms with Gasteiger partial charge >= 0.3 is 6.03 Å². The van der Waals surface area contributed by atoms with Gasteiger partial charge in [0.1, 0.15) is 6.61 Å². The number of nitrogens with one attached hydrogen (secondary N) is 2. The zero-order chi connectivity index (χ0) is 18.3. The van der Waals surface area contributed by atoms with E-state index in [4.69, 9.17) is 9.47 Å². The first kappa shape index (κ1) is 18.6. The molecule has 0 saturated carbocycles. The fourth-order valence-electron chi connectivity index (χ4n) is 2.48. The Balaban J connectivity index is 1.84. The van der Waals surface area contributed by atoms with E-state index in [1.165, 1.54) is 0 Å². The van der Waals surface area contributed by atoms with Gasteiger partial charge in [0.25, 0.3) is 0 Å². The van der Waals surface area contributed by atoms with Gasteiger partial charge in [-0.3, -0.25) is 0 Å². The molecule has 5 heteroatoms. The number of rotatable bonds is 6. The molecule has 0 radical (unpaired) electrons. The lowest BCUT2D eigenvalue weighted by Gasteiger charge is -2.23. The lowest BCUT2D eigenvalue weighted by atomic mass is 9.86. The first-order valence-electron chi connectivity index (χ1n) is 8.32. The summed E-state index contributed by atoms with van der Waals surface area (Å²) in [5.74, 6) is 1.33. The minimum atomic E-state index is -0.250. The van der Waals surface area contributed by atoms with Crippen molar-refractivity contribution in [3.63, 3.8) is 0 Å². The number of amides is 2. The van der Waals surface area contributed by atoms with Gasteiger partial charge < -0.3 is 20.1 Å². The number of carbonyl (C=O) groups is 1. The molecule has 2 amide bonds. The molecule has 2 aromatic rings. The summed E-state index contributed by atoms with van der Waals surface area (Å²) in [5, 5.41) is 5.71. The summed E-state index contributed by atoms with van der Waals surface area (Å²) in [4.78, 5) is 12.1. The molecular weight excluding hydrogens is 316 g/mol. The average molecular weight is 342 g/mol. The highest BCUT2D eigenvalue weighted by Crippen LogP contribution is 2.29. The Bertz CT molecular complexity index is 708. The standard InChI is InChI=1S/C20H26N2O3/c1-20(2,3)15-9-5-6-10-16(15)22-19(23)21-13-14-25-18-12-8-7-11-17(18)24-4/h5-12H,13-14H2,1-4H3,(H2,21,22,23). The number of hydrogen-bond acceptors (Lipinski definition) is 3. The smallest absolute Gasteiger partial charge is 0.319 e. The fraction of sp³-hybridized carbons (Fsp3) is 0.350. The Hall–Kier alpha value is -2.69. The summed E-state index contributed by atoms with van der Waals surface area (Å²) in [6.07, 6.45) is 0. The van der Waals surface area contributed by atoms with Gasteiger partial charge in [0, 0.05) is 5.69 Å². The van der Waals surface area contributed by atoms with Gasteiger partial charge in [0.05, 0.1) is 13.7 Å². The average Bonchev–Trinajstić information content (AvgIpc) is 2.58. The van der Waals surface area contributed by atoms with Crippen LogP contribution in [0.4, 0.5) is 10.5 Å². The third-order valence-electron chi connectivity index (χ3n) is 3.70. The normalized spacial score (nSPS) is 10.9. The van der Waals surface area contributed by atoms with Gasteiger partial charge in [-0.05, 0) is 29.2 Å². The van der Waals surface area contributed by atoms with Gasteiger partial charge in [-0.15, -0.1) is 0 Å². The van der Waals surface area contributed by atoms with Crippen LogP contribution in [0, 0.1) is 0 Å². The summed E-state index contributed by atoms with van der Waals surface area (Å²) >= 11 is 0. The third-order valence-corrected chi connectivity index (χ3v) is 3.70. The van der Waals surface area contributed by atoms with E-state index in [1.807, 2.05) is 48.5 Å². The van der Waals surface area contributed by atoms with Crippen molar-refractivity contribution in [2.75, 3.05) is 25.6 Å². The number of anilines is 1. The van der Waals surface area contributed by atoms with Crippen LogP contribution in [0.1, 0.15) is 26.3 Å². The summed E-state index contributed by atoms with van der Waals surface area (Å²) in [5.41, 5.74) is 1.87. The Morgan fingerprint density at radius 3 is 2.32 bits per heavy atom. The molecule has 0 heterocycles. The predicted molar refractivity (Wildman–Crippen MR) is 101 cm³/mol. The molecule has 0 saturated heterocycles. The van der Waals surface area contributed by atoms with Gasteiger partial charge in [0.2, 0.25) is 0 Å². The molecule has 0 aromatic heterocycles. The molecule has 2 N–H and O–H groups in total. The van der Waals surface area contributed by atoms with Crippen molar-refractivity contribution in [1.82, 2.24) is 5.32 Å². The summed E-state index contributed by atoms with van der Waals surface area (Å²) in [6.45, 7) is 7.10. The van der Waals surface area contributed by atoms with Crippen LogP contribution in [-0.2, 0) is 5.41 Å². The van der Waals surface area contributed by atoms with Crippen molar-refractivity contribution in [3.05, 3.63) is 54.1 Å². The van der Waals surface area contributed by atoms with Crippen LogP contribution >= 0.6 is 0 Å². The minimum absolute atomic E-state index is 0.0448. The first-order chi connectivity index (χ1) is 11.9. The summed E-state index contributed by atoms with van der Waals surface area (Å²) in [7, 11) is 1.60. The Labute approximate surface area is 149 Å². The molecule has 0 fully saturated rings. The van der Waals surface area contributed by atoms with Crippen molar-refractivity contribution in [1.29, 1.82) is 0 Å². The Morgan fingerprint density at radius 2 is 1.64 bits per heavy atom. The van der Waals surface area contributed by atoms with Crippen LogP contribution in [0.25, 0.3) is 0 Å². The van der Waals surface area contributed by atoms with E-state index in [2.05, 4.69) is 31.4 Å². The van der Waals surface area contributed by atoms with E-state index in [-0.39, 0.29) is 11.4 Å². The maximum atomic E-state index is 12.1. The monoisotopic (exact) mass is 342 g/mol. The number of carbonyl (C=O) groups excluding carboxylic acids is 1. The molecule has 0 atom stereocenters. The van der Waals surface area contributed by atoms with E-state index in [1.54, 1.807) is 7.11 Å². The van der Waals surface area contributed by atoms with Gasteiger partial charge in [0.15, 0.2) is 11.5 Å². The van der Waals surface area contributed by atoms with E-state index < -0.39 is 0 Å². The Morgan fingerprint density at radius 1 is 1.00 bits per heavy atom. The third kappa shape index (κ3) is 5.41. The van der Waals surface area contributed by atoms with E-state index in [0.717, 1.165) is 11.3 Å². The molecule has 0 bridgehead atoms. The number of benzene rings is 2. The molecular formula is C20H26N2O3. The van der Waals surface area contributed by atoms with E-state index in [9.17, 15) is 4.79 Å². The lowest BCUT2D eigenvalue weighted by molar-refractivity contribution is 0.246. The molecule has 2 rings (SSSR count). The van der Waals surface area contributed by atoms with Gasteiger partial charge in [-0.2, -0.15) is 0 Å². The molecule has 0 unspecified atom stereocenters. The van der Waals surface area contributed by atoms with Crippen molar-refractivity contribution in [2.45, 2.75) is 26.2 Å². The number of hydrogen-bond donors (Lipinski definition) is 2. The topological polar surface area (TPSA) is 59.6 Å². The second kappa shape index (κ2) is 8.42. The summed E-state index contributed by atoms with van der Waals surface area (Å²) in [6, 6.07) is 15.0. The van der Waals surface area contributed by atoms with Crippen LogP contribution in [-0.4, -0.2) is 26.3 Å². The number of methoxy groups -OCH3 is 1. The van der Waals surface area contributed by atoms with Crippen molar-refractivity contribution < 1.29 is 14.3 Å². The lowest BCUT2D eigenvalue weighted by Crippen LogP contribution is -2.33. The second-order valence-corrected chi connectivity index (χ2v) is 6.68. The highest BCUT2D eigenvalue weighted by Gasteiger charge is 2.18. The minimum Gasteiger partial charge on any atom is -0.493 e. The number of para-hydroxylation sites is 3. The van der Waals surface area contributed by atoms with Crippen LogP contribution in [0.2, 0.25) is 0 Å². The second-order valence-electron chi connectivity index (χ2n) is 6.68. The first-order valence-corrected chi connectivity index (χ1v) is 8.32. The zero-order valence-corrected chi connectivity index (χ0v) is 15.3. The van der Waals surface area contributed by atoms with Crippen molar-refractivity contribution in [3.8, 4) is 11.5 Å². The van der Waals surface area contributed by atoms with Crippen LogP contribution in [0.15, 0.2) is 48.5 Å². The molecule has 134 valence electrons. The maximum Gasteiger partial charge on any atom is 0.319 e. The quantitative estimate of drug-likeness (QED) is 0.774. The number of urea groups is 1. The molecule has 0 aliphatic carbocycles. The number of ether oxygens (including phenoxy) is 2. The van der Waals surface area contributed by atoms with Crippen LogP contribution in [0.3, 0.4) is 0 Å². The predicted octanol–water partition coefficient (Wildman–Crippen LogP) is 4.19. The molecule has 2 aromatic carbocycles. The molecule has 0 spiro atoms. The van der Waals surface area contributed by atoms with Gasteiger partial charge in [-0.1, -0.05) is 51.1 Å². The van der Waals surface area contributed by atoms with E-state index >= 15 is 0 Å². The molecule has 0 aliphatic heterocycles.